The van der Waals surface area contributed by atoms with Crippen molar-refractivity contribution >= 4 is 5.84 Å². The van der Waals surface area contributed by atoms with Gasteiger partial charge in [0.15, 0.2) is 0 Å². The summed E-state index contributed by atoms with van der Waals surface area (Å²) in [5.74, 6) is -1.88. The summed E-state index contributed by atoms with van der Waals surface area (Å²) in [7, 11) is 0. The second-order valence-electron chi connectivity index (χ2n) is 2.04. The number of hydrogen-bond acceptors (Lipinski definition) is 1. The van der Waals surface area contributed by atoms with Gasteiger partial charge in [-0.2, -0.15) is 0 Å². The second kappa shape index (κ2) is 2.65. The van der Waals surface area contributed by atoms with Crippen molar-refractivity contribution in [1.82, 2.24) is 0 Å². The van der Waals surface area contributed by atoms with Crippen LogP contribution in [0.4, 0.5) is 8.78 Å². The highest BCUT2D eigenvalue weighted by molar-refractivity contribution is 5.95. The molecule has 0 heterocycles. The van der Waals surface area contributed by atoms with Crippen molar-refractivity contribution in [2.75, 3.05) is 0 Å². The van der Waals surface area contributed by atoms with Gasteiger partial charge in [-0.05, 0) is 12.1 Å². The predicted octanol–water partition coefficient (Wildman–Crippen LogP) is 1.25. The Bertz CT molecular complexity index is 296. The molecule has 0 aliphatic carbocycles. The SMILES string of the molecule is N=C(N)c1ccc(F)cc1F. The molecule has 0 aliphatic heterocycles. The van der Waals surface area contributed by atoms with Crippen LogP contribution in [-0.4, -0.2) is 5.84 Å². The lowest BCUT2D eigenvalue weighted by Crippen LogP contribution is -2.13. The molecule has 0 bridgehead atoms. The lowest BCUT2D eigenvalue weighted by Gasteiger charge is -1.98. The molecule has 58 valence electrons. The van der Waals surface area contributed by atoms with Crippen molar-refractivity contribution in [3.05, 3.63) is 35.4 Å². The Morgan fingerprint density at radius 1 is 1.36 bits per heavy atom. The van der Waals surface area contributed by atoms with Crippen molar-refractivity contribution in [1.29, 1.82) is 5.41 Å². The molecule has 0 saturated heterocycles. The van der Waals surface area contributed by atoms with Crippen LogP contribution in [0.1, 0.15) is 5.56 Å². The molecule has 2 nitrogen and oxygen atoms in total. The van der Waals surface area contributed by atoms with E-state index in [0.29, 0.717) is 6.07 Å². The van der Waals surface area contributed by atoms with Crippen molar-refractivity contribution in [3.8, 4) is 0 Å². The Labute approximate surface area is 62.2 Å². The smallest absolute Gasteiger partial charge is 0.137 e. The standard InChI is InChI=1S/C7H6F2N2/c8-4-1-2-5(7(10)11)6(9)3-4/h1-3H,(H3,10,11). The highest BCUT2D eigenvalue weighted by Crippen LogP contribution is 2.07. The Kier molecular flexibility index (Phi) is 1.85. The third-order valence-corrected chi connectivity index (χ3v) is 1.22. The predicted molar refractivity (Wildman–Crippen MR) is 37.4 cm³/mol. The molecule has 0 aromatic heterocycles. The maximum Gasteiger partial charge on any atom is 0.137 e. The van der Waals surface area contributed by atoms with Crippen LogP contribution in [0.3, 0.4) is 0 Å². The molecule has 3 N–H and O–H groups in total. The zero-order chi connectivity index (χ0) is 8.43. The summed E-state index contributed by atoms with van der Waals surface area (Å²) in [6, 6.07) is 2.88. The Morgan fingerprint density at radius 3 is 2.45 bits per heavy atom. The number of nitrogen functional groups attached to an aromatic ring is 1. The van der Waals surface area contributed by atoms with Crippen LogP contribution in [0.2, 0.25) is 0 Å². The largest absolute Gasteiger partial charge is 0.384 e. The van der Waals surface area contributed by atoms with E-state index in [1.807, 2.05) is 0 Å². The minimum atomic E-state index is -0.808. The zero-order valence-electron chi connectivity index (χ0n) is 5.57. The van der Waals surface area contributed by atoms with Crippen LogP contribution in [0.15, 0.2) is 18.2 Å². The summed E-state index contributed by atoms with van der Waals surface area (Å²) in [6.45, 7) is 0. The molecule has 0 fully saturated rings. The molecule has 0 spiro atoms. The third-order valence-electron chi connectivity index (χ3n) is 1.22. The van der Waals surface area contributed by atoms with E-state index in [9.17, 15) is 8.78 Å². The van der Waals surface area contributed by atoms with Gasteiger partial charge in [-0.1, -0.05) is 0 Å². The number of amidine groups is 1. The number of hydrogen-bond donors (Lipinski definition) is 2. The summed E-state index contributed by atoms with van der Waals surface area (Å²) in [5.41, 5.74) is 4.91. The van der Waals surface area contributed by atoms with Gasteiger partial charge < -0.3 is 5.73 Å². The van der Waals surface area contributed by atoms with Gasteiger partial charge in [0.05, 0.1) is 5.56 Å². The molecule has 0 radical (unpaired) electrons. The van der Waals surface area contributed by atoms with Gasteiger partial charge in [-0.3, -0.25) is 5.41 Å². The molecule has 0 aliphatic rings. The first-order chi connectivity index (χ1) is 5.11. The van der Waals surface area contributed by atoms with E-state index in [-0.39, 0.29) is 5.56 Å². The van der Waals surface area contributed by atoms with Gasteiger partial charge in [0.2, 0.25) is 0 Å². The first-order valence-electron chi connectivity index (χ1n) is 2.90. The number of benzene rings is 1. The van der Waals surface area contributed by atoms with E-state index in [1.165, 1.54) is 0 Å². The average Bonchev–Trinajstić information content (AvgIpc) is 1.85. The Balaban J connectivity index is 3.20. The van der Waals surface area contributed by atoms with E-state index in [1.54, 1.807) is 0 Å². The van der Waals surface area contributed by atoms with Gasteiger partial charge >= 0.3 is 0 Å². The molecule has 1 aromatic rings. The molecular formula is C7H6F2N2. The minimum Gasteiger partial charge on any atom is -0.384 e. The highest BCUT2D eigenvalue weighted by atomic mass is 19.1. The molecule has 0 unspecified atom stereocenters. The van der Waals surface area contributed by atoms with Gasteiger partial charge in [0.25, 0.3) is 0 Å². The summed E-state index contributed by atoms with van der Waals surface area (Å²) in [5, 5.41) is 6.86. The summed E-state index contributed by atoms with van der Waals surface area (Å²) in [6.07, 6.45) is 0. The maximum atomic E-state index is 12.6. The number of nitrogens with one attached hydrogen (secondary N) is 1. The van der Waals surface area contributed by atoms with Crippen LogP contribution in [0.5, 0.6) is 0 Å². The van der Waals surface area contributed by atoms with Crippen LogP contribution in [0, 0.1) is 17.0 Å². The lowest BCUT2D eigenvalue weighted by atomic mass is 10.2. The topological polar surface area (TPSA) is 49.9 Å². The fourth-order valence-electron chi connectivity index (χ4n) is 0.708. The fraction of sp³-hybridized carbons (Fsp3) is 0. The zero-order valence-corrected chi connectivity index (χ0v) is 5.57. The lowest BCUT2D eigenvalue weighted by molar-refractivity contribution is 0.581. The normalized spacial score (nSPS) is 9.64. The summed E-state index contributed by atoms with van der Waals surface area (Å²) < 4.78 is 24.9. The number of nitrogens with two attached hydrogens (primary N) is 1. The van der Waals surface area contributed by atoms with Crippen molar-refractivity contribution in [3.63, 3.8) is 0 Å². The van der Waals surface area contributed by atoms with Gasteiger partial charge in [0.1, 0.15) is 17.5 Å². The van der Waals surface area contributed by atoms with Crippen molar-refractivity contribution in [2.45, 2.75) is 0 Å². The molecular weight excluding hydrogens is 150 g/mol. The van der Waals surface area contributed by atoms with Crippen LogP contribution < -0.4 is 5.73 Å². The van der Waals surface area contributed by atoms with E-state index in [4.69, 9.17) is 11.1 Å². The fourth-order valence-corrected chi connectivity index (χ4v) is 0.708. The van der Waals surface area contributed by atoms with E-state index in [0.717, 1.165) is 12.1 Å². The summed E-state index contributed by atoms with van der Waals surface area (Å²) >= 11 is 0. The maximum absolute atomic E-state index is 12.6. The van der Waals surface area contributed by atoms with Crippen molar-refractivity contribution < 1.29 is 8.78 Å². The van der Waals surface area contributed by atoms with Crippen LogP contribution in [-0.2, 0) is 0 Å². The van der Waals surface area contributed by atoms with Crippen LogP contribution in [0.25, 0.3) is 0 Å². The quantitative estimate of drug-likeness (QED) is 0.466. The number of rotatable bonds is 1. The molecule has 11 heavy (non-hydrogen) atoms. The number of halogens is 2. The highest BCUT2D eigenvalue weighted by Gasteiger charge is 2.04. The molecule has 1 aromatic carbocycles. The Morgan fingerprint density at radius 2 is 2.00 bits per heavy atom. The van der Waals surface area contributed by atoms with Gasteiger partial charge in [-0.15, -0.1) is 0 Å². The van der Waals surface area contributed by atoms with Gasteiger partial charge in [-0.25, -0.2) is 8.78 Å². The van der Waals surface area contributed by atoms with Gasteiger partial charge in [0, 0.05) is 6.07 Å². The van der Waals surface area contributed by atoms with Crippen molar-refractivity contribution in [2.24, 2.45) is 5.73 Å². The third kappa shape index (κ3) is 1.52. The molecule has 1 rings (SSSR count). The van der Waals surface area contributed by atoms with E-state index < -0.39 is 17.5 Å². The molecule has 0 amide bonds. The van der Waals surface area contributed by atoms with Crippen LogP contribution >= 0.6 is 0 Å². The average molecular weight is 156 g/mol. The molecule has 0 saturated carbocycles. The first kappa shape index (κ1) is 7.65. The van der Waals surface area contributed by atoms with E-state index >= 15 is 0 Å². The molecule has 0 atom stereocenters. The van der Waals surface area contributed by atoms with E-state index in [2.05, 4.69) is 0 Å². The Hall–Kier alpha value is -1.45. The monoisotopic (exact) mass is 156 g/mol. The summed E-state index contributed by atoms with van der Waals surface area (Å²) in [4.78, 5) is 0. The molecule has 4 heteroatoms. The minimum absolute atomic E-state index is 0.0774. The first-order valence-corrected chi connectivity index (χ1v) is 2.90. The second-order valence-corrected chi connectivity index (χ2v) is 2.04.